The molecule has 70 heavy (non-hydrogen) atoms. The zero-order valence-electron chi connectivity index (χ0n) is 45.8. The molecule has 12 nitrogen and oxygen atoms in total. The highest BCUT2D eigenvalue weighted by Crippen LogP contribution is 2.12. The van der Waals surface area contributed by atoms with E-state index in [9.17, 15) is 19.2 Å². The molecule has 0 aliphatic rings. The van der Waals surface area contributed by atoms with Crippen molar-refractivity contribution in [1.29, 1.82) is 0 Å². The van der Waals surface area contributed by atoms with Gasteiger partial charge in [0.1, 0.15) is 6.61 Å². The third-order valence-corrected chi connectivity index (χ3v) is 12.6. The van der Waals surface area contributed by atoms with Gasteiger partial charge in [-0.1, -0.05) is 141 Å². The van der Waals surface area contributed by atoms with E-state index in [1.807, 2.05) is 7.05 Å². The minimum Gasteiger partial charge on any atom is -0.466 e. The summed E-state index contributed by atoms with van der Waals surface area (Å²) in [5.41, 5.74) is 0. The molecule has 0 saturated heterocycles. The fourth-order valence-electron chi connectivity index (χ4n) is 8.20. The number of aliphatic hydroxyl groups excluding tert-OH is 1. The predicted octanol–water partition coefficient (Wildman–Crippen LogP) is 11.7. The molecule has 0 atom stereocenters. The van der Waals surface area contributed by atoms with Crippen molar-refractivity contribution in [3.63, 3.8) is 0 Å². The summed E-state index contributed by atoms with van der Waals surface area (Å²) in [5.74, 6) is -0.347. The molecule has 0 aliphatic carbocycles. The highest BCUT2D eigenvalue weighted by Gasteiger charge is 2.13. The third kappa shape index (κ3) is 49.9. The monoisotopic (exact) mass is 988 g/mol. The van der Waals surface area contributed by atoms with Gasteiger partial charge in [-0.3, -0.25) is 24.1 Å². The maximum absolute atomic E-state index is 12.9. The standard InChI is InChI=1S/C58H109N5O7/c1-5-8-10-12-14-16-18-20-22-24-26-28-30-32-34-38-57(67)69-53-37-46-63(51-54-70-58(68)39-35-33-31-29-27-25-23-21-19-17-15-13-11-9-6-2)50-43-60-56(66)41-48-62(44-7-3)47-40-55(65)59-42-49-61(4)45-36-52-64/h15,17,20-23,64H,5-14,16,18-19,24-54H2,1-4H3,(H,59,65)(H,60,66)/b17-15-,22-20-,23-21-. The average molecular weight is 989 g/mol. The van der Waals surface area contributed by atoms with Crippen molar-refractivity contribution in [3.8, 4) is 0 Å². The van der Waals surface area contributed by atoms with Gasteiger partial charge < -0.3 is 35.0 Å². The lowest BCUT2D eigenvalue weighted by Crippen LogP contribution is -2.39. The van der Waals surface area contributed by atoms with Crippen molar-refractivity contribution in [2.75, 3.05) is 92.3 Å². The number of unbranched alkanes of at least 4 members (excludes halogenated alkanes) is 19. The van der Waals surface area contributed by atoms with Crippen LogP contribution in [0.15, 0.2) is 36.5 Å². The molecule has 0 radical (unpaired) electrons. The maximum Gasteiger partial charge on any atom is 0.305 e. The van der Waals surface area contributed by atoms with Gasteiger partial charge in [0.15, 0.2) is 0 Å². The molecule has 0 rings (SSSR count). The van der Waals surface area contributed by atoms with Crippen LogP contribution in [0.2, 0.25) is 0 Å². The first-order valence-corrected chi connectivity index (χ1v) is 28.8. The Bertz CT molecular complexity index is 1290. The van der Waals surface area contributed by atoms with E-state index >= 15 is 0 Å². The number of likely N-dealkylation sites (N-methyl/N-ethyl adjacent to an activating group) is 1. The molecular weight excluding hydrogens is 879 g/mol. The number of hydrogen-bond donors (Lipinski definition) is 3. The summed E-state index contributed by atoms with van der Waals surface area (Å²) in [6, 6.07) is 0. The Hall–Kier alpha value is -3.06. The predicted molar refractivity (Wildman–Crippen MR) is 293 cm³/mol. The Morgan fingerprint density at radius 2 is 0.857 bits per heavy atom. The van der Waals surface area contributed by atoms with Gasteiger partial charge >= 0.3 is 11.9 Å². The maximum atomic E-state index is 12.9. The first kappa shape index (κ1) is 66.9. The SMILES string of the molecule is CCCCC/C=C\C/C=C\CCCCCCCC(=O)OCCN(CCCOC(=O)CCCCCCC/C=C\CCCCCCCC)CCNC(=O)CCN(CCC)CCC(=O)NCCN(C)CCCO. The highest BCUT2D eigenvalue weighted by atomic mass is 16.5. The van der Waals surface area contributed by atoms with Crippen LogP contribution in [-0.2, 0) is 28.7 Å². The van der Waals surface area contributed by atoms with Crippen molar-refractivity contribution in [1.82, 2.24) is 25.3 Å². The van der Waals surface area contributed by atoms with Gasteiger partial charge in [0.2, 0.25) is 11.8 Å². The highest BCUT2D eigenvalue weighted by molar-refractivity contribution is 5.76. The lowest BCUT2D eigenvalue weighted by Gasteiger charge is -2.23. The van der Waals surface area contributed by atoms with E-state index in [1.54, 1.807) is 0 Å². The average Bonchev–Trinajstić information content (AvgIpc) is 3.35. The Morgan fingerprint density at radius 1 is 0.414 bits per heavy atom. The fraction of sp³-hybridized carbons (Fsp3) is 0.828. The van der Waals surface area contributed by atoms with Crippen LogP contribution in [0.5, 0.6) is 0 Å². The number of carbonyl (C=O) groups excluding carboxylic acids is 4. The van der Waals surface area contributed by atoms with Crippen molar-refractivity contribution in [2.45, 2.75) is 220 Å². The molecule has 0 saturated carbocycles. The number of ether oxygens (including phenoxy) is 2. The summed E-state index contributed by atoms with van der Waals surface area (Å²) in [7, 11) is 1.98. The smallest absolute Gasteiger partial charge is 0.305 e. The van der Waals surface area contributed by atoms with Gasteiger partial charge in [0.25, 0.3) is 0 Å². The van der Waals surface area contributed by atoms with E-state index in [4.69, 9.17) is 14.6 Å². The summed E-state index contributed by atoms with van der Waals surface area (Å²) in [5, 5.41) is 15.1. The van der Waals surface area contributed by atoms with Crippen LogP contribution in [0.1, 0.15) is 220 Å². The molecule has 0 spiro atoms. The zero-order chi connectivity index (χ0) is 51.2. The van der Waals surface area contributed by atoms with E-state index in [0.29, 0.717) is 90.9 Å². The van der Waals surface area contributed by atoms with Crippen LogP contribution in [-0.4, -0.2) is 136 Å². The minimum atomic E-state index is -0.167. The largest absolute Gasteiger partial charge is 0.466 e. The number of esters is 2. The summed E-state index contributed by atoms with van der Waals surface area (Å²) >= 11 is 0. The number of aliphatic hydroxyl groups is 1. The molecule has 0 aromatic heterocycles. The normalized spacial score (nSPS) is 11.9. The number of rotatable bonds is 53. The van der Waals surface area contributed by atoms with Crippen LogP contribution in [0.25, 0.3) is 0 Å². The summed E-state index contributed by atoms with van der Waals surface area (Å²) in [6.45, 7) is 13.7. The van der Waals surface area contributed by atoms with E-state index < -0.39 is 0 Å². The number of carbonyl (C=O) groups is 4. The number of nitrogens with one attached hydrogen (secondary N) is 2. The molecule has 408 valence electrons. The third-order valence-electron chi connectivity index (χ3n) is 12.6. The number of nitrogens with zero attached hydrogens (tertiary/aromatic N) is 3. The van der Waals surface area contributed by atoms with Crippen LogP contribution in [0.4, 0.5) is 0 Å². The molecule has 0 unspecified atom stereocenters. The fourth-order valence-corrected chi connectivity index (χ4v) is 8.20. The van der Waals surface area contributed by atoms with E-state index in [2.05, 4.69) is 82.6 Å². The number of allylic oxidation sites excluding steroid dienone is 6. The molecule has 2 amide bonds. The van der Waals surface area contributed by atoms with Gasteiger partial charge in [-0.15, -0.1) is 0 Å². The summed E-state index contributed by atoms with van der Waals surface area (Å²) in [6.07, 6.45) is 46.1. The van der Waals surface area contributed by atoms with Crippen molar-refractivity contribution < 1.29 is 33.8 Å². The molecular formula is C58H109N5O7. The second-order valence-electron chi connectivity index (χ2n) is 19.4. The molecule has 0 aromatic rings. The lowest BCUT2D eigenvalue weighted by molar-refractivity contribution is -0.145. The van der Waals surface area contributed by atoms with Gasteiger partial charge in [-0.2, -0.15) is 0 Å². The van der Waals surface area contributed by atoms with Gasteiger partial charge in [0, 0.05) is 91.2 Å². The number of hydrogen-bond acceptors (Lipinski definition) is 10. The molecule has 0 heterocycles. The Balaban J connectivity index is 4.64. The molecule has 0 aromatic carbocycles. The second kappa shape index (κ2) is 53.7. The van der Waals surface area contributed by atoms with Gasteiger partial charge in [0.05, 0.1) is 6.61 Å². The molecule has 0 aliphatic heterocycles. The lowest BCUT2D eigenvalue weighted by atomic mass is 10.1. The van der Waals surface area contributed by atoms with E-state index in [0.717, 1.165) is 83.8 Å². The van der Waals surface area contributed by atoms with Gasteiger partial charge in [-0.25, -0.2) is 0 Å². The topological polar surface area (TPSA) is 141 Å². The molecule has 12 heteroatoms. The van der Waals surface area contributed by atoms with Crippen molar-refractivity contribution in [2.24, 2.45) is 0 Å². The molecule has 3 N–H and O–H groups in total. The second-order valence-corrected chi connectivity index (χ2v) is 19.4. The Kier molecular flexibility index (Phi) is 51.4. The van der Waals surface area contributed by atoms with Crippen molar-refractivity contribution >= 4 is 23.8 Å². The Morgan fingerprint density at radius 3 is 1.39 bits per heavy atom. The Labute approximate surface area is 430 Å². The van der Waals surface area contributed by atoms with Crippen LogP contribution in [0, 0.1) is 0 Å². The quantitative estimate of drug-likeness (QED) is 0.0306. The van der Waals surface area contributed by atoms with E-state index in [-0.39, 0.29) is 37.0 Å². The summed E-state index contributed by atoms with van der Waals surface area (Å²) in [4.78, 5) is 56.9. The number of amides is 2. The molecule has 0 fully saturated rings. The van der Waals surface area contributed by atoms with Gasteiger partial charge in [-0.05, 0) is 103 Å². The summed E-state index contributed by atoms with van der Waals surface area (Å²) < 4.78 is 11.2. The van der Waals surface area contributed by atoms with E-state index in [1.165, 1.54) is 96.3 Å². The first-order valence-electron chi connectivity index (χ1n) is 28.8. The zero-order valence-corrected chi connectivity index (χ0v) is 45.8. The first-order chi connectivity index (χ1) is 34.2. The van der Waals surface area contributed by atoms with Crippen LogP contribution < -0.4 is 10.6 Å². The minimum absolute atomic E-state index is 0.00147. The van der Waals surface area contributed by atoms with Crippen LogP contribution >= 0.6 is 0 Å². The van der Waals surface area contributed by atoms with Crippen molar-refractivity contribution in [3.05, 3.63) is 36.5 Å². The molecule has 0 bridgehead atoms. The van der Waals surface area contributed by atoms with Crippen LogP contribution in [0.3, 0.4) is 0 Å².